The second-order valence-corrected chi connectivity index (χ2v) is 6.54. The van der Waals surface area contributed by atoms with Gasteiger partial charge in [-0.3, -0.25) is 0 Å². The lowest BCUT2D eigenvalue weighted by atomic mass is 9.95. The van der Waals surface area contributed by atoms with Crippen LogP contribution in [0.1, 0.15) is 25.5 Å². The fourth-order valence-electron chi connectivity index (χ4n) is 3.02. The molecule has 0 amide bonds. The second kappa shape index (κ2) is 7.91. The molecular weight excluding hydrogens is 368 g/mol. The summed E-state index contributed by atoms with van der Waals surface area (Å²) in [6.45, 7) is 3.90. The molecular formula is C18H22N4O4S. The number of nitrogens with zero attached hydrogens (tertiary/aromatic N) is 3. The van der Waals surface area contributed by atoms with Gasteiger partial charge in [0.2, 0.25) is 11.1 Å². The smallest absolute Gasteiger partial charge is 0.338 e. The Morgan fingerprint density at radius 1 is 1.30 bits per heavy atom. The van der Waals surface area contributed by atoms with Crippen LogP contribution >= 0.6 is 11.8 Å². The highest BCUT2D eigenvalue weighted by Crippen LogP contribution is 2.39. The third-order valence-corrected chi connectivity index (χ3v) is 4.77. The van der Waals surface area contributed by atoms with Gasteiger partial charge in [-0.1, -0.05) is 17.8 Å². The van der Waals surface area contributed by atoms with Crippen molar-refractivity contribution in [1.29, 1.82) is 0 Å². The van der Waals surface area contributed by atoms with Gasteiger partial charge in [-0.05, 0) is 37.8 Å². The van der Waals surface area contributed by atoms with Gasteiger partial charge in [0, 0.05) is 5.70 Å². The van der Waals surface area contributed by atoms with Gasteiger partial charge >= 0.3 is 5.97 Å². The van der Waals surface area contributed by atoms with Crippen LogP contribution in [0.2, 0.25) is 0 Å². The van der Waals surface area contributed by atoms with E-state index in [9.17, 15) is 4.79 Å². The molecule has 0 spiro atoms. The number of carbonyl (C=O) groups is 1. The second-order valence-electron chi connectivity index (χ2n) is 5.77. The molecule has 0 aliphatic carbocycles. The maximum atomic E-state index is 12.7. The number of benzene rings is 1. The van der Waals surface area contributed by atoms with Crippen molar-refractivity contribution in [2.24, 2.45) is 0 Å². The van der Waals surface area contributed by atoms with Crippen LogP contribution in [0.4, 0.5) is 5.95 Å². The molecule has 0 saturated heterocycles. The average Bonchev–Trinajstić information content (AvgIpc) is 3.09. The molecule has 1 aromatic heterocycles. The first-order chi connectivity index (χ1) is 13.0. The summed E-state index contributed by atoms with van der Waals surface area (Å²) in [7, 11) is 3.15. The van der Waals surface area contributed by atoms with Gasteiger partial charge in [0.15, 0.2) is 11.5 Å². The first-order valence-electron chi connectivity index (χ1n) is 8.41. The number of fused-ring (bicyclic) bond motifs is 1. The van der Waals surface area contributed by atoms with E-state index in [1.807, 2.05) is 25.3 Å². The molecule has 144 valence electrons. The van der Waals surface area contributed by atoms with E-state index in [-0.39, 0.29) is 6.61 Å². The summed E-state index contributed by atoms with van der Waals surface area (Å²) < 4.78 is 17.7. The van der Waals surface area contributed by atoms with Crippen LogP contribution in [0, 0.1) is 0 Å². The number of allylic oxidation sites excluding steroid dienone is 1. The van der Waals surface area contributed by atoms with Crippen molar-refractivity contribution in [3.05, 3.63) is 35.0 Å². The van der Waals surface area contributed by atoms with E-state index >= 15 is 0 Å². The maximum Gasteiger partial charge on any atom is 0.338 e. The van der Waals surface area contributed by atoms with Crippen molar-refractivity contribution >= 4 is 23.7 Å². The maximum absolute atomic E-state index is 12.7. The van der Waals surface area contributed by atoms with Crippen LogP contribution in [0.15, 0.2) is 34.6 Å². The molecule has 1 aromatic carbocycles. The van der Waals surface area contributed by atoms with Crippen LogP contribution in [0.3, 0.4) is 0 Å². The Balaban J connectivity index is 2.18. The number of aromatic nitrogens is 3. The van der Waals surface area contributed by atoms with E-state index in [0.29, 0.717) is 33.9 Å². The molecule has 1 N–H and O–H groups in total. The lowest BCUT2D eigenvalue weighted by Gasteiger charge is -2.28. The minimum absolute atomic E-state index is 0.286. The fourth-order valence-corrected chi connectivity index (χ4v) is 3.37. The Morgan fingerprint density at radius 3 is 2.67 bits per heavy atom. The lowest BCUT2D eigenvalue weighted by Crippen LogP contribution is -2.29. The van der Waals surface area contributed by atoms with Crippen molar-refractivity contribution in [3.8, 4) is 11.5 Å². The van der Waals surface area contributed by atoms with E-state index < -0.39 is 12.0 Å². The summed E-state index contributed by atoms with van der Waals surface area (Å²) in [6.07, 6.45) is 1.90. The number of carbonyl (C=O) groups excluding carboxylic acids is 1. The predicted octanol–water partition coefficient (Wildman–Crippen LogP) is 2.87. The molecule has 0 bridgehead atoms. The Kier molecular flexibility index (Phi) is 5.59. The van der Waals surface area contributed by atoms with Crippen molar-refractivity contribution in [2.45, 2.75) is 25.0 Å². The fraction of sp³-hybridized carbons (Fsp3) is 0.389. The number of anilines is 1. The SMILES string of the molecule is CCOC(=O)C1=C(C)Nc2nc(SC)nn2[C@H]1c1ccc(OC)c(OC)c1. The number of hydrogen-bond donors (Lipinski definition) is 1. The largest absolute Gasteiger partial charge is 0.493 e. The van der Waals surface area contributed by atoms with Gasteiger partial charge in [-0.15, -0.1) is 5.10 Å². The van der Waals surface area contributed by atoms with Crippen molar-refractivity contribution in [3.63, 3.8) is 0 Å². The molecule has 9 heteroatoms. The molecule has 0 unspecified atom stereocenters. The molecule has 1 atom stereocenters. The van der Waals surface area contributed by atoms with Gasteiger partial charge < -0.3 is 19.5 Å². The molecule has 1 aliphatic heterocycles. The molecule has 27 heavy (non-hydrogen) atoms. The van der Waals surface area contributed by atoms with E-state index in [1.165, 1.54) is 11.8 Å². The van der Waals surface area contributed by atoms with E-state index in [2.05, 4.69) is 15.4 Å². The molecule has 3 rings (SSSR count). The monoisotopic (exact) mass is 390 g/mol. The highest BCUT2D eigenvalue weighted by molar-refractivity contribution is 7.98. The van der Waals surface area contributed by atoms with Gasteiger partial charge in [-0.25, -0.2) is 9.48 Å². The Morgan fingerprint density at radius 2 is 2.04 bits per heavy atom. The highest BCUT2D eigenvalue weighted by atomic mass is 32.2. The van der Waals surface area contributed by atoms with Gasteiger partial charge in [-0.2, -0.15) is 4.98 Å². The number of thioether (sulfide) groups is 1. The number of methoxy groups -OCH3 is 2. The van der Waals surface area contributed by atoms with Gasteiger partial charge in [0.1, 0.15) is 6.04 Å². The minimum atomic E-state index is -0.492. The first kappa shape index (κ1) is 19.1. The molecule has 0 radical (unpaired) electrons. The lowest BCUT2D eigenvalue weighted by molar-refractivity contribution is -0.139. The normalized spacial score (nSPS) is 15.8. The van der Waals surface area contributed by atoms with Crippen molar-refractivity contribution < 1.29 is 19.0 Å². The Labute approximate surface area is 161 Å². The topological polar surface area (TPSA) is 87.5 Å². The number of esters is 1. The molecule has 1 aliphatic rings. The number of hydrogen-bond acceptors (Lipinski definition) is 8. The zero-order chi connectivity index (χ0) is 19.6. The summed E-state index contributed by atoms with van der Waals surface area (Å²) in [5.41, 5.74) is 1.98. The average molecular weight is 390 g/mol. The molecule has 2 aromatic rings. The van der Waals surface area contributed by atoms with E-state index in [0.717, 1.165) is 5.56 Å². The minimum Gasteiger partial charge on any atom is -0.493 e. The molecule has 8 nitrogen and oxygen atoms in total. The Bertz CT molecular complexity index is 893. The zero-order valence-electron chi connectivity index (χ0n) is 15.9. The predicted molar refractivity (Wildman–Crippen MR) is 102 cm³/mol. The van der Waals surface area contributed by atoms with Gasteiger partial charge in [0.25, 0.3) is 0 Å². The van der Waals surface area contributed by atoms with Crippen molar-refractivity contribution in [2.75, 3.05) is 32.4 Å². The molecule has 2 heterocycles. The van der Waals surface area contributed by atoms with Crippen molar-refractivity contribution in [1.82, 2.24) is 14.8 Å². The van der Waals surface area contributed by atoms with Crippen LogP contribution < -0.4 is 14.8 Å². The summed E-state index contributed by atoms with van der Waals surface area (Å²) in [5, 5.41) is 8.31. The molecule has 0 saturated carbocycles. The van der Waals surface area contributed by atoms with Crippen LogP contribution in [-0.2, 0) is 9.53 Å². The summed E-state index contributed by atoms with van der Waals surface area (Å²) in [4.78, 5) is 17.2. The third kappa shape index (κ3) is 3.46. The summed E-state index contributed by atoms with van der Waals surface area (Å²) >= 11 is 1.43. The first-order valence-corrected chi connectivity index (χ1v) is 9.63. The van der Waals surface area contributed by atoms with Crippen LogP contribution in [-0.4, -0.2) is 47.8 Å². The zero-order valence-corrected chi connectivity index (χ0v) is 16.7. The van der Waals surface area contributed by atoms with E-state index in [1.54, 1.807) is 31.9 Å². The Hall–Kier alpha value is -2.68. The number of rotatable bonds is 6. The van der Waals surface area contributed by atoms with Crippen LogP contribution in [0.25, 0.3) is 0 Å². The third-order valence-electron chi connectivity index (χ3n) is 4.23. The number of ether oxygens (including phenoxy) is 3. The summed E-state index contributed by atoms with van der Waals surface area (Å²) in [6, 6.07) is 5.04. The van der Waals surface area contributed by atoms with E-state index in [4.69, 9.17) is 14.2 Å². The quantitative estimate of drug-likeness (QED) is 0.595. The van der Waals surface area contributed by atoms with Crippen LogP contribution in [0.5, 0.6) is 11.5 Å². The number of nitrogens with one attached hydrogen (secondary N) is 1. The molecule has 0 fully saturated rings. The standard InChI is InChI=1S/C18H22N4O4S/c1-6-26-16(23)14-10(2)19-17-20-18(27-5)21-22(17)15(14)11-7-8-12(24-3)13(9-11)25-4/h7-9,15H,6H2,1-5H3,(H,19,20,21)/t15-/m0/s1. The highest BCUT2D eigenvalue weighted by Gasteiger charge is 2.35. The van der Waals surface area contributed by atoms with Gasteiger partial charge in [0.05, 0.1) is 26.4 Å². The summed E-state index contributed by atoms with van der Waals surface area (Å²) in [5.74, 6) is 1.36.